The van der Waals surface area contributed by atoms with E-state index in [0.29, 0.717) is 18.2 Å². The lowest BCUT2D eigenvalue weighted by atomic mass is 10.1. The minimum Gasteiger partial charge on any atom is -0.297 e. The topological polar surface area (TPSA) is 27.0 Å². The molecule has 0 aliphatic carbocycles. The zero-order chi connectivity index (χ0) is 12.8. The van der Waals surface area contributed by atoms with Gasteiger partial charge in [0.25, 0.3) is 0 Å². The number of rotatable bonds is 5. The molecule has 2 nitrogen and oxygen atoms in total. The summed E-state index contributed by atoms with van der Waals surface area (Å²) in [5, 5.41) is 8.80. The summed E-state index contributed by atoms with van der Waals surface area (Å²) in [6.07, 6.45) is 1.06. The number of nitriles is 1. The van der Waals surface area contributed by atoms with Crippen LogP contribution >= 0.6 is 0 Å². The van der Waals surface area contributed by atoms with E-state index in [1.807, 2.05) is 6.07 Å². The first-order valence-corrected chi connectivity index (χ1v) is 6.04. The highest BCUT2D eigenvalue weighted by Crippen LogP contribution is 2.13. The first-order chi connectivity index (χ1) is 8.10. The van der Waals surface area contributed by atoms with Gasteiger partial charge in [-0.15, -0.1) is 0 Å². The number of nitrogens with zero attached hydrogens (tertiary/aromatic N) is 2. The van der Waals surface area contributed by atoms with Gasteiger partial charge in [0.15, 0.2) is 0 Å². The van der Waals surface area contributed by atoms with E-state index in [2.05, 4.69) is 25.7 Å². The summed E-state index contributed by atoms with van der Waals surface area (Å²) < 4.78 is 13.3. The maximum atomic E-state index is 13.3. The third-order valence-corrected chi connectivity index (χ3v) is 3.09. The van der Waals surface area contributed by atoms with E-state index in [9.17, 15) is 4.39 Å². The van der Waals surface area contributed by atoms with Gasteiger partial charge >= 0.3 is 0 Å². The van der Waals surface area contributed by atoms with Crippen LogP contribution in [0.2, 0.25) is 0 Å². The molecule has 0 heterocycles. The Labute approximate surface area is 103 Å². The molecule has 0 spiro atoms. The summed E-state index contributed by atoms with van der Waals surface area (Å²) in [5.41, 5.74) is 1.25. The van der Waals surface area contributed by atoms with Crippen LogP contribution in [0.5, 0.6) is 0 Å². The van der Waals surface area contributed by atoms with Crippen LogP contribution in [0.1, 0.15) is 38.3 Å². The van der Waals surface area contributed by atoms with E-state index in [4.69, 9.17) is 5.26 Å². The maximum Gasteiger partial charge on any atom is 0.124 e. The lowest BCUT2D eigenvalue weighted by Gasteiger charge is -2.27. The predicted molar refractivity (Wildman–Crippen MR) is 67.0 cm³/mol. The van der Waals surface area contributed by atoms with Crippen molar-refractivity contribution in [1.82, 2.24) is 4.90 Å². The van der Waals surface area contributed by atoms with Gasteiger partial charge in [-0.25, -0.2) is 4.39 Å². The third-order valence-electron chi connectivity index (χ3n) is 3.09. The molecule has 1 aromatic carbocycles. The minimum absolute atomic E-state index is 0.334. The molecule has 1 atom stereocenters. The molecule has 0 bridgehead atoms. The summed E-state index contributed by atoms with van der Waals surface area (Å²) in [6.45, 7) is 8.01. The van der Waals surface area contributed by atoms with E-state index < -0.39 is 0 Å². The van der Waals surface area contributed by atoms with Crippen LogP contribution in [0.3, 0.4) is 0 Å². The van der Waals surface area contributed by atoms with E-state index >= 15 is 0 Å². The standard InChI is InChI=1S/C14H19FN2/c1-4-11(3)17(5-2)10-13-6-12(9-16)7-14(15)8-13/h6-8,11H,4-5,10H2,1-3H3. The number of halogens is 1. The summed E-state index contributed by atoms with van der Waals surface area (Å²) >= 11 is 0. The van der Waals surface area contributed by atoms with Crippen LogP contribution in [0.15, 0.2) is 18.2 Å². The molecular formula is C14H19FN2. The van der Waals surface area contributed by atoms with Gasteiger partial charge in [-0.05, 0) is 43.7 Å². The Morgan fingerprint density at radius 1 is 1.35 bits per heavy atom. The van der Waals surface area contributed by atoms with Gasteiger partial charge in [-0.3, -0.25) is 4.90 Å². The average molecular weight is 234 g/mol. The molecule has 1 unspecified atom stereocenters. The summed E-state index contributed by atoms with van der Waals surface area (Å²) in [4.78, 5) is 2.27. The average Bonchev–Trinajstić information content (AvgIpc) is 2.34. The quantitative estimate of drug-likeness (QED) is 0.781. The van der Waals surface area contributed by atoms with Crippen molar-refractivity contribution in [3.8, 4) is 6.07 Å². The lowest BCUT2D eigenvalue weighted by molar-refractivity contribution is 0.206. The second-order valence-electron chi connectivity index (χ2n) is 4.28. The van der Waals surface area contributed by atoms with E-state index in [-0.39, 0.29) is 5.82 Å². The van der Waals surface area contributed by atoms with Crippen LogP contribution in [0.25, 0.3) is 0 Å². The van der Waals surface area contributed by atoms with Gasteiger partial charge in [0.2, 0.25) is 0 Å². The smallest absolute Gasteiger partial charge is 0.124 e. The Hall–Kier alpha value is -1.40. The fraction of sp³-hybridized carbons (Fsp3) is 0.500. The highest BCUT2D eigenvalue weighted by atomic mass is 19.1. The Bertz CT molecular complexity index is 409. The van der Waals surface area contributed by atoms with Crippen LogP contribution < -0.4 is 0 Å². The normalized spacial score (nSPS) is 12.5. The Morgan fingerprint density at radius 3 is 2.59 bits per heavy atom. The highest BCUT2D eigenvalue weighted by molar-refractivity contribution is 5.33. The van der Waals surface area contributed by atoms with E-state index in [1.165, 1.54) is 12.1 Å². The predicted octanol–water partition coefficient (Wildman–Crippen LogP) is 3.32. The first-order valence-electron chi connectivity index (χ1n) is 6.04. The van der Waals surface area contributed by atoms with Crippen LogP contribution in [-0.4, -0.2) is 17.5 Å². The molecule has 0 saturated heterocycles. The molecule has 1 rings (SSSR count). The monoisotopic (exact) mass is 234 g/mol. The molecule has 92 valence electrons. The fourth-order valence-corrected chi connectivity index (χ4v) is 1.88. The molecule has 0 fully saturated rings. The van der Waals surface area contributed by atoms with Crippen molar-refractivity contribution < 1.29 is 4.39 Å². The number of hydrogen-bond acceptors (Lipinski definition) is 2. The van der Waals surface area contributed by atoms with Crippen molar-refractivity contribution >= 4 is 0 Å². The Morgan fingerprint density at radius 2 is 2.06 bits per heavy atom. The number of benzene rings is 1. The van der Waals surface area contributed by atoms with E-state index in [1.54, 1.807) is 6.07 Å². The van der Waals surface area contributed by atoms with Gasteiger partial charge in [0, 0.05) is 12.6 Å². The van der Waals surface area contributed by atoms with Crippen molar-refractivity contribution in [2.45, 2.75) is 39.8 Å². The van der Waals surface area contributed by atoms with Gasteiger partial charge in [0.05, 0.1) is 11.6 Å². The van der Waals surface area contributed by atoms with Crippen molar-refractivity contribution in [2.75, 3.05) is 6.54 Å². The zero-order valence-electron chi connectivity index (χ0n) is 10.7. The van der Waals surface area contributed by atoms with Gasteiger partial charge in [-0.1, -0.05) is 13.8 Å². The third kappa shape index (κ3) is 3.83. The lowest BCUT2D eigenvalue weighted by Crippen LogP contribution is -2.31. The second-order valence-corrected chi connectivity index (χ2v) is 4.28. The van der Waals surface area contributed by atoms with Gasteiger partial charge in [-0.2, -0.15) is 5.26 Å². The molecular weight excluding hydrogens is 215 g/mol. The van der Waals surface area contributed by atoms with Crippen molar-refractivity contribution in [2.24, 2.45) is 0 Å². The van der Waals surface area contributed by atoms with Crippen LogP contribution in [0, 0.1) is 17.1 Å². The molecule has 0 aliphatic heterocycles. The molecule has 0 saturated carbocycles. The minimum atomic E-state index is -0.334. The van der Waals surface area contributed by atoms with Crippen molar-refractivity contribution in [1.29, 1.82) is 5.26 Å². The Kier molecular flexibility index (Phi) is 5.11. The molecule has 0 aliphatic rings. The SMILES string of the molecule is CCC(C)N(CC)Cc1cc(F)cc(C#N)c1. The molecule has 17 heavy (non-hydrogen) atoms. The largest absolute Gasteiger partial charge is 0.297 e. The van der Waals surface area contributed by atoms with E-state index in [0.717, 1.165) is 18.5 Å². The zero-order valence-corrected chi connectivity index (χ0v) is 10.7. The maximum absolute atomic E-state index is 13.3. The van der Waals surface area contributed by atoms with Crippen LogP contribution in [0.4, 0.5) is 4.39 Å². The van der Waals surface area contributed by atoms with Crippen molar-refractivity contribution in [3.05, 3.63) is 35.1 Å². The molecule has 0 aromatic heterocycles. The molecule has 0 N–H and O–H groups in total. The molecule has 0 amide bonds. The summed E-state index contributed by atoms with van der Waals surface area (Å²) in [5.74, 6) is -0.334. The van der Waals surface area contributed by atoms with Gasteiger partial charge < -0.3 is 0 Å². The molecule has 3 heteroatoms. The Balaban J connectivity index is 2.86. The summed E-state index contributed by atoms with van der Waals surface area (Å²) in [7, 11) is 0. The summed E-state index contributed by atoms with van der Waals surface area (Å²) in [6, 6.07) is 6.98. The molecule has 1 aromatic rings. The number of hydrogen-bond donors (Lipinski definition) is 0. The second kappa shape index (κ2) is 6.36. The van der Waals surface area contributed by atoms with Crippen molar-refractivity contribution in [3.63, 3.8) is 0 Å². The highest BCUT2D eigenvalue weighted by Gasteiger charge is 2.11. The molecule has 0 radical (unpaired) electrons. The fourth-order valence-electron chi connectivity index (χ4n) is 1.88. The first kappa shape index (κ1) is 13.7. The van der Waals surface area contributed by atoms with Gasteiger partial charge in [0.1, 0.15) is 5.82 Å². The van der Waals surface area contributed by atoms with Crippen LogP contribution in [-0.2, 0) is 6.54 Å².